The van der Waals surface area contributed by atoms with E-state index >= 15 is 0 Å². The molecule has 0 spiro atoms. The van der Waals surface area contributed by atoms with Crippen molar-refractivity contribution in [2.24, 2.45) is 5.92 Å². The molecule has 0 saturated heterocycles. The van der Waals surface area contributed by atoms with E-state index in [1.165, 1.54) is 11.3 Å². The van der Waals surface area contributed by atoms with Crippen molar-refractivity contribution in [3.63, 3.8) is 0 Å². The summed E-state index contributed by atoms with van der Waals surface area (Å²) in [6.07, 6.45) is 0. The van der Waals surface area contributed by atoms with Crippen molar-refractivity contribution in [3.05, 3.63) is 51.5 Å². The van der Waals surface area contributed by atoms with Crippen LogP contribution in [0.5, 0.6) is 0 Å². The van der Waals surface area contributed by atoms with Gasteiger partial charge in [-0.05, 0) is 31.9 Å². The van der Waals surface area contributed by atoms with Crippen LogP contribution >= 0.6 is 11.3 Å². The van der Waals surface area contributed by atoms with Gasteiger partial charge in [0, 0.05) is 16.6 Å². The van der Waals surface area contributed by atoms with Crippen LogP contribution in [-0.2, 0) is 14.3 Å². The van der Waals surface area contributed by atoms with Crippen LogP contribution in [0, 0.1) is 31.1 Å². The molecule has 152 valence electrons. The fourth-order valence-corrected chi connectivity index (χ4v) is 3.37. The number of aromatic nitrogens is 1. The number of esters is 1. The summed E-state index contributed by atoms with van der Waals surface area (Å²) in [5.74, 6) is -3.01. The lowest BCUT2D eigenvalue weighted by atomic mass is 10.0. The second-order valence-corrected chi connectivity index (χ2v) is 7.91. The van der Waals surface area contributed by atoms with Gasteiger partial charge in [-0.2, -0.15) is 5.26 Å². The topological polar surface area (TPSA) is 109 Å². The molecule has 0 aliphatic rings. The van der Waals surface area contributed by atoms with E-state index in [2.05, 4.69) is 10.3 Å². The van der Waals surface area contributed by atoms with Gasteiger partial charge in [-0.15, -0.1) is 11.3 Å². The van der Waals surface area contributed by atoms with Crippen LogP contribution in [0.1, 0.15) is 46.4 Å². The quantitative estimate of drug-likeness (QED) is 0.667. The van der Waals surface area contributed by atoms with Gasteiger partial charge >= 0.3 is 5.97 Å². The summed E-state index contributed by atoms with van der Waals surface area (Å²) < 4.78 is 5.12. The predicted octanol–water partition coefficient (Wildman–Crippen LogP) is 2.93. The lowest BCUT2D eigenvalue weighted by Gasteiger charge is -2.21. The first-order valence-corrected chi connectivity index (χ1v) is 9.99. The first kappa shape index (κ1) is 22.2. The van der Waals surface area contributed by atoms with Crippen LogP contribution in [0.4, 0.5) is 0 Å². The lowest BCUT2D eigenvalue weighted by molar-refractivity contribution is -0.151. The number of benzene rings is 1. The van der Waals surface area contributed by atoms with E-state index in [1.807, 2.05) is 13.0 Å². The zero-order valence-corrected chi connectivity index (χ0v) is 17.6. The second kappa shape index (κ2) is 9.94. The van der Waals surface area contributed by atoms with Crippen LogP contribution in [0.15, 0.2) is 29.6 Å². The molecule has 2 atom stereocenters. The third-order valence-corrected chi connectivity index (χ3v) is 5.24. The molecule has 1 N–H and O–H groups in total. The lowest BCUT2D eigenvalue weighted by Crippen LogP contribution is -2.45. The molecule has 7 nitrogen and oxygen atoms in total. The molecule has 1 amide bonds. The number of hydrogen-bond donors (Lipinski definition) is 1. The summed E-state index contributed by atoms with van der Waals surface area (Å²) in [5, 5.41) is 14.1. The number of rotatable bonds is 8. The number of hydrogen-bond acceptors (Lipinski definition) is 7. The number of amides is 1. The molecule has 0 fully saturated rings. The fourth-order valence-electron chi connectivity index (χ4n) is 2.51. The van der Waals surface area contributed by atoms with Gasteiger partial charge in [-0.25, -0.2) is 9.78 Å². The van der Waals surface area contributed by atoms with Gasteiger partial charge in [0.25, 0.3) is 5.91 Å². The number of ketones is 1. The summed E-state index contributed by atoms with van der Waals surface area (Å²) in [4.78, 5) is 41.4. The molecule has 0 unspecified atom stereocenters. The van der Waals surface area contributed by atoms with E-state index in [-0.39, 0.29) is 5.92 Å². The molecule has 1 heterocycles. The molecule has 0 bridgehead atoms. The highest BCUT2D eigenvalue weighted by Gasteiger charge is 2.29. The zero-order chi connectivity index (χ0) is 21.6. The van der Waals surface area contributed by atoms with Crippen LogP contribution in [0.3, 0.4) is 0 Å². The van der Waals surface area contributed by atoms with Crippen molar-refractivity contribution in [3.8, 4) is 6.07 Å². The standard InChI is InChI=1S/C21H23N3O4S/c1-12(2)18(24-19(26)15-7-5-13(3)6-8-15)21(27)28-10-17(25)16(9-22)20-23-14(4)11-29-20/h5-8,11-12,16,18H,10H2,1-4H3,(H,24,26)/t16-,18+/m0/s1. The van der Waals surface area contributed by atoms with Gasteiger partial charge in [0.1, 0.15) is 11.0 Å². The van der Waals surface area contributed by atoms with Crippen LogP contribution in [0.25, 0.3) is 0 Å². The van der Waals surface area contributed by atoms with Gasteiger partial charge < -0.3 is 10.1 Å². The Kier molecular flexibility index (Phi) is 7.62. The minimum Gasteiger partial charge on any atom is -0.456 e. The number of nitrogens with zero attached hydrogens (tertiary/aromatic N) is 2. The molecule has 0 aliphatic carbocycles. The predicted molar refractivity (Wildman–Crippen MR) is 108 cm³/mol. The van der Waals surface area contributed by atoms with E-state index in [0.717, 1.165) is 5.56 Å². The summed E-state index contributed by atoms with van der Waals surface area (Å²) in [6.45, 7) is 6.65. The van der Waals surface area contributed by atoms with Crippen molar-refractivity contribution < 1.29 is 19.1 Å². The molecule has 2 aromatic rings. The highest BCUT2D eigenvalue weighted by Crippen LogP contribution is 2.21. The van der Waals surface area contributed by atoms with E-state index in [1.54, 1.807) is 50.4 Å². The van der Waals surface area contributed by atoms with Crippen molar-refractivity contribution in [1.29, 1.82) is 5.26 Å². The van der Waals surface area contributed by atoms with Crippen molar-refractivity contribution in [2.75, 3.05) is 6.61 Å². The summed E-state index contributed by atoms with van der Waals surface area (Å²) in [6, 6.07) is 7.94. The molecule has 2 rings (SSSR count). The van der Waals surface area contributed by atoms with Gasteiger partial charge in [0.2, 0.25) is 0 Å². The Morgan fingerprint density at radius 1 is 1.21 bits per heavy atom. The van der Waals surface area contributed by atoms with E-state index in [9.17, 15) is 19.6 Å². The summed E-state index contributed by atoms with van der Waals surface area (Å²) in [5.41, 5.74) is 2.16. The third-order valence-electron chi connectivity index (χ3n) is 4.21. The minimum atomic E-state index is -1.08. The Labute approximate surface area is 173 Å². The summed E-state index contributed by atoms with van der Waals surface area (Å²) >= 11 is 1.21. The largest absolute Gasteiger partial charge is 0.456 e. The van der Waals surface area contributed by atoms with E-state index in [4.69, 9.17) is 4.74 Å². The molecule has 1 aromatic carbocycles. The molecule has 0 radical (unpaired) electrons. The zero-order valence-electron chi connectivity index (χ0n) is 16.8. The van der Waals surface area contributed by atoms with Crippen LogP contribution in [0.2, 0.25) is 0 Å². The number of carbonyl (C=O) groups is 3. The van der Waals surface area contributed by atoms with E-state index in [0.29, 0.717) is 16.3 Å². The Morgan fingerprint density at radius 3 is 2.38 bits per heavy atom. The number of nitriles is 1. The molecule has 0 saturated carbocycles. The van der Waals surface area contributed by atoms with Gasteiger partial charge in [0.15, 0.2) is 18.3 Å². The van der Waals surface area contributed by atoms with Crippen LogP contribution < -0.4 is 5.32 Å². The average Bonchev–Trinajstić information content (AvgIpc) is 3.10. The van der Waals surface area contributed by atoms with Crippen LogP contribution in [-0.4, -0.2) is 35.3 Å². The highest BCUT2D eigenvalue weighted by molar-refractivity contribution is 7.09. The van der Waals surface area contributed by atoms with Gasteiger partial charge in [0.05, 0.1) is 6.07 Å². The highest BCUT2D eigenvalue weighted by atomic mass is 32.1. The molecular weight excluding hydrogens is 390 g/mol. The molecular formula is C21H23N3O4S. The molecule has 1 aromatic heterocycles. The maximum Gasteiger partial charge on any atom is 0.329 e. The SMILES string of the molecule is Cc1ccc(C(=O)N[C@@H](C(=O)OCC(=O)[C@H](C#N)c2nc(C)cs2)C(C)C)cc1. The first-order valence-electron chi connectivity index (χ1n) is 9.11. The maximum absolute atomic E-state index is 12.5. The monoisotopic (exact) mass is 413 g/mol. The number of thiazole rings is 1. The number of carbonyl (C=O) groups excluding carboxylic acids is 3. The smallest absolute Gasteiger partial charge is 0.329 e. The Morgan fingerprint density at radius 2 is 1.86 bits per heavy atom. The van der Waals surface area contributed by atoms with Crippen molar-refractivity contribution in [1.82, 2.24) is 10.3 Å². The Bertz CT molecular complexity index is 928. The Balaban J connectivity index is 2.00. The van der Waals surface area contributed by atoms with Gasteiger partial charge in [-0.3, -0.25) is 9.59 Å². The summed E-state index contributed by atoms with van der Waals surface area (Å²) in [7, 11) is 0. The number of nitrogens with one attached hydrogen (secondary N) is 1. The second-order valence-electron chi connectivity index (χ2n) is 7.02. The van der Waals surface area contributed by atoms with Gasteiger partial charge in [-0.1, -0.05) is 31.5 Å². The average molecular weight is 413 g/mol. The normalized spacial score (nSPS) is 12.7. The maximum atomic E-state index is 12.5. The first-order chi connectivity index (χ1) is 13.7. The molecule has 0 aliphatic heterocycles. The Hall–Kier alpha value is -3.05. The fraction of sp³-hybridized carbons (Fsp3) is 0.381. The molecule has 8 heteroatoms. The van der Waals surface area contributed by atoms with Crippen molar-refractivity contribution in [2.45, 2.75) is 39.7 Å². The number of aryl methyl sites for hydroxylation is 2. The molecule has 29 heavy (non-hydrogen) atoms. The number of Topliss-reactive ketones (excluding diaryl/α,β-unsaturated/α-hetero) is 1. The third kappa shape index (κ3) is 5.96. The minimum absolute atomic E-state index is 0.250. The van der Waals surface area contributed by atoms with E-state index < -0.39 is 36.2 Å². The van der Waals surface area contributed by atoms with Crippen molar-refractivity contribution >= 4 is 29.0 Å². The number of ether oxygens (including phenoxy) is 1.